The van der Waals surface area contributed by atoms with Crippen LogP contribution in [-0.2, 0) is 16.6 Å². The molecular formula is C13H21BrN2O2S2. The number of rotatable bonds is 6. The Morgan fingerprint density at radius 1 is 1.50 bits per heavy atom. The van der Waals surface area contributed by atoms with Crippen molar-refractivity contribution in [1.29, 1.82) is 0 Å². The second-order valence-corrected chi connectivity index (χ2v) is 9.66. The number of nitrogens with one attached hydrogen (secondary N) is 1. The van der Waals surface area contributed by atoms with E-state index in [0.29, 0.717) is 15.2 Å². The van der Waals surface area contributed by atoms with Crippen LogP contribution in [0.4, 0.5) is 0 Å². The average Bonchev–Trinajstić information content (AvgIpc) is 2.66. The fraction of sp³-hybridized carbons (Fsp3) is 0.538. The van der Waals surface area contributed by atoms with Crippen molar-refractivity contribution in [1.82, 2.24) is 9.62 Å². The van der Waals surface area contributed by atoms with Crippen LogP contribution in [0.1, 0.15) is 25.6 Å². The van der Waals surface area contributed by atoms with E-state index in [0.717, 1.165) is 4.88 Å². The topological polar surface area (TPSA) is 49.4 Å². The second kappa shape index (κ2) is 6.70. The quantitative estimate of drug-likeness (QED) is 0.770. The smallest absolute Gasteiger partial charge is 0.245 e. The zero-order valence-corrected chi connectivity index (χ0v) is 15.5. The number of hydrogen-bond acceptors (Lipinski definition) is 4. The minimum atomic E-state index is -3.55. The van der Waals surface area contributed by atoms with Gasteiger partial charge in [-0.1, -0.05) is 6.08 Å². The molecule has 0 radical (unpaired) electrons. The van der Waals surface area contributed by atoms with E-state index >= 15 is 0 Å². The summed E-state index contributed by atoms with van der Waals surface area (Å²) in [6.07, 6.45) is 1.61. The van der Waals surface area contributed by atoms with Crippen molar-refractivity contribution in [3.05, 3.63) is 27.4 Å². The minimum Gasteiger partial charge on any atom is -0.315 e. The van der Waals surface area contributed by atoms with Gasteiger partial charge in [-0.05, 0) is 49.8 Å². The fourth-order valence-corrected chi connectivity index (χ4v) is 6.21. The molecule has 0 saturated heterocycles. The van der Waals surface area contributed by atoms with Gasteiger partial charge in [0.15, 0.2) is 0 Å². The first-order valence-electron chi connectivity index (χ1n) is 6.21. The van der Waals surface area contributed by atoms with Gasteiger partial charge < -0.3 is 5.32 Å². The van der Waals surface area contributed by atoms with Crippen LogP contribution in [0.25, 0.3) is 0 Å². The average molecular weight is 381 g/mol. The molecule has 114 valence electrons. The number of hydrogen-bond donors (Lipinski definition) is 1. The highest BCUT2D eigenvalue weighted by molar-refractivity contribution is 9.11. The van der Waals surface area contributed by atoms with Crippen LogP contribution in [0.3, 0.4) is 0 Å². The van der Waals surface area contributed by atoms with E-state index in [1.807, 2.05) is 27.8 Å². The van der Waals surface area contributed by atoms with E-state index in [9.17, 15) is 8.42 Å². The third-order valence-corrected chi connectivity index (χ3v) is 7.05. The molecule has 0 atom stereocenters. The molecule has 1 aromatic rings. The largest absolute Gasteiger partial charge is 0.315 e. The molecule has 1 heterocycles. The van der Waals surface area contributed by atoms with E-state index in [-0.39, 0.29) is 6.54 Å². The van der Waals surface area contributed by atoms with Crippen LogP contribution in [0.5, 0.6) is 0 Å². The number of sulfonamides is 1. The molecule has 0 amide bonds. The fourth-order valence-electron chi connectivity index (χ4n) is 1.80. The Morgan fingerprint density at radius 3 is 2.55 bits per heavy atom. The third-order valence-electron chi connectivity index (χ3n) is 2.67. The SMILES string of the molecule is C=CCN(C(C)(C)C)S(=O)(=O)c1cc(CNC)sc1Br. The highest BCUT2D eigenvalue weighted by Crippen LogP contribution is 2.35. The van der Waals surface area contributed by atoms with Gasteiger partial charge in [-0.15, -0.1) is 17.9 Å². The standard InChI is InChI=1S/C13H21BrN2O2S2/c1-6-7-16(13(2,3)4)20(17,18)11-8-10(9-15-5)19-12(11)14/h6,8,15H,1,7,9H2,2-5H3. The lowest BCUT2D eigenvalue weighted by Gasteiger charge is -2.33. The van der Waals surface area contributed by atoms with Crippen molar-refractivity contribution in [3.8, 4) is 0 Å². The lowest BCUT2D eigenvalue weighted by molar-refractivity contribution is 0.270. The molecular weight excluding hydrogens is 360 g/mol. The van der Waals surface area contributed by atoms with Gasteiger partial charge in [0.1, 0.15) is 4.90 Å². The van der Waals surface area contributed by atoms with Crippen molar-refractivity contribution in [2.75, 3.05) is 13.6 Å². The predicted molar refractivity (Wildman–Crippen MR) is 88.6 cm³/mol. The molecule has 0 saturated carbocycles. The van der Waals surface area contributed by atoms with E-state index < -0.39 is 15.6 Å². The Hall–Kier alpha value is -0.210. The monoisotopic (exact) mass is 380 g/mol. The van der Waals surface area contributed by atoms with Gasteiger partial charge in [0.2, 0.25) is 10.0 Å². The molecule has 20 heavy (non-hydrogen) atoms. The van der Waals surface area contributed by atoms with Gasteiger partial charge in [0.25, 0.3) is 0 Å². The lowest BCUT2D eigenvalue weighted by Crippen LogP contribution is -2.45. The van der Waals surface area contributed by atoms with Crippen molar-refractivity contribution in [3.63, 3.8) is 0 Å². The summed E-state index contributed by atoms with van der Waals surface area (Å²) < 4.78 is 27.8. The molecule has 0 unspecified atom stereocenters. The molecule has 0 spiro atoms. The molecule has 1 N–H and O–H groups in total. The molecule has 7 heteroatoms. The third kappa shape index (κ3) is 3.92. The normalized spacial score (nSPS) is 12.9. The number of thiophene rings is 1. The summed E-state index contributed by atoms with van der Waals surface area (Å²) in [4.78, 5) is 1.30. The van der Waals surface area contributed by atoms with Crippen molar-refractivity contribution < 1.29 is 8.42 Å². The lowest BCUT2D eigenvalue weighted by atomic mass is 10.1. The first kappa shape index (κ1) is 17.8. The maximum absolute atomic E-state index is 12.8. The first-order chi connectivity index (χ1) is 9.14. The van der Waals surface area contributed by atoms with Gasteiger partial charge in [0, 0.05) is 23.5 Å². The summed E-state index contributed by atoms with van der Waals surface area (Å²) in [7, 11) is -1.72. The van der Waals surface area contributed by atoms with Crippen LogP contribution in [0.2, 0.25) is 0 Å². The Labute approximate surface area is 134 Å². The van der Waals surface area contributed by atoms with E-state index in [4.69, 9.17) is 0 Å². The van der Waals surface area contributed by atoms with E-state index in [1.165, 1.54) is 15.6 Å². The maximum Gasteiger partial charge on any atom is 0.245 e. The number of nitrogens with zero attached hydrogens (tertiary/aromatic N) is 1. The molecule has 0 aromatic carbocycles. The molecule has 0 aliphatic rings. The van der Waals surface area contributed by atoms with Crippen LogP contribution >= 0.6 is 27.3 Å². The molecule has 0 fully saturated rings. The Morgan fingerprint density at radius 2 is 2.10 bits per heavy atom. The summed E-state index contributed by atoms with van der Waals surface area (Å²) in [5.41, 5.74) is -0.502. The summed E-state index contributed by atoms with van der Waals surface area (Å²) in [5, 5.41) is 3.03. The Kier molecular flexibility index (Phi) is 5.98. The number of halogens is 1. The Balaban J connectivity index is 3.29. The van der Waals surface area contributed by atoms with Crippen LogP contribution in [0, 0.1) is 0 Å². The van der Waals surface area contributed by atoms with Crippen LogP contribution < -0.4 is 5.32 Å². The van der Waals surface area contributed by atoms with Gasteiger partial charge in [-0.3, -0.25) is 0 Å². The molecule has 0 aliphatic carbocycles. The molecule has 1 rings (SSSR count). The summed E-state index contributed by atoms with van der Waals surface area (Å²) in [6.45, 7) is 10.2. The van der Waals surface area contributed by atoms with Gasteiger partial charge in [-0.2, -0.15) is 4.31 Å². The highest BCUT2D eigenvalue weighted by atomic mass is 79.9. The molecule has 1 aromatic heterocycles. The van der Waals surface area contributed by atoms with Crippen molar-refractivity contribution >= 4 is 37.3 Å². The molecule has 4 nitrogen and oxygen atoms in total. The zero-order chi connectivity index (χ0) is 15.6. The summed E-state index contributed by atoms with van der Waals surface area (Å²) >= 11 is 4.80. The van der Waals surface area contributed by atoms with E-state index in [1.54, 1.807) is 12.1 Å². The van der Waals surface area contributed by atoms with Crippen molar-refractivity contribution in [2.24, 2.45) is 0 Å². The molecule has 0 bridgehead atoms. The maximum atomic E-state index is 12.8. The predicted octanol–water partition coefficient (Wildman–Crippen LogP) is 3.21. The zero-order valence-electron chi connectivity index (χ0n) is 12.2. The van der Waals surface area contributed by atoms with Gasteiger partial charge in [-0.25, -0.2) is 8.42 Å². The van der Waals surface area contributed by atoms with Gasteiger partial charge >= 0.3 is 0 Å². The Bertz CT molecular complexity index is 574. The first-order valence-corrected chi connectivity index (χ1v) is 9.26. The van der Waals surface area contributed by atoms with Crippen LogP contribution in [0.15, 0.2) is 27.4 Å². The van der Waals surface area contributed by atoms with Gasteiger partial charge in [0.05, 0.1) is 3.79 Å². The second-order valence-electron chi connectivity index (χ2n) is 5.38. The molecule has 0 aliphatic heterocycles. The minimum absolute atomic E-state index is 0.287. The summed E-state index contributed by atoms with van der Waals surface area (Å²) in [6, 6.07) is 1.72. The van der Waals surface area contributed by atoms with Crippen molar-refractivity contribution in [2.45, 2.75) is 37.8 Å². The summed E-state index contributed by atoms with van der Waals surface area (Å²) in [5.74, 6) is 0. The highest BCUT2D eigenvalue weighted by Gasteiger charge is 2.35. The van der Waals surface area contributed by atoms with E-state index in [2.05, 4.69) is 27.8 Å². The van der Waals surface area contributed by atoms with Crippen LogP contribution in [-0.4, -0.2) is 31.9 Å².